The van der Waals surface area contributed by atoms with Crippen molar-refractivity contribution >= 4 is 15.9 Å². The third kappa shape index (κ3) is 4.51. The first-order valence-electron chi connectivity index (χ1n) is 8.48. The normalized spacial score (nSPS) is 15.6. The molecule has 0 radical (unpaired) electrons. The van der Waals surface area contributed by atoms with E-state index in [0.717, 1.165) is 16.4 Å². The highest BCUT2D eigenvalue weighted by Gasteiger charge is 2.33. The Morgan fingerprint density at radius 3 is 2.28 bits per heavy atom. The average molecular weight is 432 g/mol. The average Bonchev–Trinajstić information content (AvgIpc) is 2.67. The van der Waals surface area contributed by atoms with Crippen molar-refractivity contribution in [2.24, 2.45) is 0 Å². The van der Waals surface area contributed by atoms with Gasteiger partial charge in [0.25, 0.3) is 5.91 Å². The Hall–Kier alpha value is -2.66. The van der Waals surface area contributed by atoms with Gasteiger partial charge in [0.05, 0.1) is 5.56 Å². The van der Waals surface area contributed by atoms with Crippen molar-refractivity contribution < 1.29 is 35.5 Å². The van der Waals surface area contributed by atoms with E-state index in [9.17, 15) is 30.8 Å². The highest BCUT2D eigenvalue weighted by molar-refractivity contribution is 7.89. The molecule has 0 atom stereocenters. The minimum Gasteiger partial charge on any atom is -0.434 e. The molecule has 0 N–H and O–H groups in total. The summed E-state index contributed by atoms with van der Waals surface area (Å²) in [6.45, 7) is -3.45. The number of alkyl halides is 2. The van der Waals surface area contributed by atoms with Crippen LogP contribution in [0.2, 0.25) is 0 Å². The van der Waals surface area contributed by atoms with E-state index in [1.807, 2.05) is 0 Å². The molecule has 156 valence electrons. The number of para-hydroxylation sites is 1. The Labute approximate surface area is 164 Å². The van der Waals surface area contributed by atoms with E-state index < -0.39 is 39.1 Å². The highest BCUT2D eigenvalue weighted by Crippen LogP contribution is 2.25. The molecule has 0 bridgehead atoms. The van der Waals surface area contributed by atoms with Crippen LogP contribution in [0.15, 0.2) is 47.4 Å². The minimum absolute atomic E-state index is 0.0378. The number of carbonyl (C=O) groups excluding carboxylic acids is 1. The summed E-state index contributed by atoms with van der Waals surface area (Å²) in [6, 6.07) is 7.66. The van der Waals surface area contributed by atoms with Gasteiger partial charge in [-0.1, -0.05) is 12.1 Å². The molecule has 0 saturated carbocycles. The van der Waals surface area contributed by atoms with Crippen molar-refractivity contribution in [2.45, 2.75) is 11.5 Å². The molecule has 1 aliphatic rings. The van der Waals surface area contributed by atoms with Gasteiger partial charge in [0.1, 0.15) is 22.3 Å². The third-order valence-electron chi connectivity index (χ3n) is 4.37. The predicted molar refractivity (Wildman–Crippen MR) is 94.1 cm³/mol. The lowest BCUT2D eigenvalue weighted by atomic mass is 10.1. The zero-order valence-electron chi connectivity index (χ0n) is 14.9. The molecule has 1 aliphatic heterocycles. The van der Waals surface area contributed by atoms with Gasteiger partial charge >= 0.3 is 6.61 Å². The summed E-state index contributed by atoms with van der Waals surface area (Å²) in [4.78, 5) is 13.3. The fourth-order valence-electron chi connectivity index (χ4n) is 2.97. The van der Waals surface area contributed by atoms with Crippen molar-refractivity contribution in [3.05, 3.63) is 59.7 Å². The smallest absolute Gasteiger partial charge is 0.387 e. The lowest BCUT2D eigenvalue weighted by molar-refractivity contribution is -0.0503. The fourth-order valence-corrected chi connectivity index (χ4v) is 4.44. The number of rotatable bonds is 5. The van der Waals surface area contributed by atoms with E-state index >= 15 is 0 Å². The first-order valence-corrected chi connectivity index (χ1v) is 9.92. The number of piperazine rings is 1. The summed E-state index contributed by atoms with van der Waals surface area (Å²) < 4.78 is 82.5. The Kier molecular flexibility index (Phi) is 6.08. The van der Waals surface area contributed by atoms with E-state index in [0.29, 0.717) is 6.07 Å². The monoisotopic (exact) mass is 432 g/mol. The van der Waals surface area contributed by atoms with Gasteiger partial charge in [0, 0.05) is 32.2 Å². The molecule has 3 rings (SSSR count). The van der Waals surface area contributed by atoms with E-state index in [1.165, 1.54) is 29.2 Å². The Morgan fingerprint density at radius 2 is 1.66 bits per heavy atom. The summed E-state index contributed by atoms with van der Waals surface area (Å²) in [5.74, 6) is -2.98. The van der Waals surface area contributed by atoms with Crippen molar-refractivity contribution in [2.75, 3.05) is 26.2 Å². The topological polar surface area (TPSA) is 66.9 Å². The Bertz CT molecular complexity index is 1010. The molecule has 2 aromatic carbocycles. The van der Waals surface area contributed by atoms with E-state index in [2.05, 4.69) is 4.74 Å². The SMILES string of the molecule is O=C(c1ccccc1OC(F)F)N1CCN(S(=O)(=O)c2ccc(F)cc2F)CC1. The van der Waals surface area contributed by atoms with Crippen molar-refractivity contribution in [3.8, 4) is 5.75 Å². The first kappa shape index (κ1) is 21.1. The summed E-state index contributed by atoms with van der Waals surface area (Å²) in [5, 5.41) is 0. The van der Waals surface area contributed by atoms with E-state index in [4.69, 9.17) is 0 Å². The molecule has 11 heteroatoms. The van der Waals surface area contributed by atoms with E-state index in [1.54, 1.807) is 0 Å². The minimum atomic E-state index is -4.22. The zero-order chi connectivity index (χ0) is 21.2. The molecule has 1 heterocycles. The number of ether oxygens (including phenoxy) is 1. The van der Waals surface area contributed by atoms with Crippen LogP contribution >= 0.6 is 0 Å². The standard InChI is InChI=1S/C18H16F4N2O4S/c19-12-5-6-16(14(20)11-12)29(26,27)24-9-7-23(8-10-24)17(25)13-3-1-2-4-15(13)28-18(21)22/h1-6,11,18H,7-10H2. The van der Waals surface area contributed by atoms with Crippen LogP contribution in [0.1, 0.15) is 10.4 Å². The van der Waals surface area contributed by atoms with Gasteiger partial charge in [0.15, 0.2) is 0 Å². The second-order valence-electron chi connectivity index (χ2n) is 6.15. The summed E-state index contributed by atoms with van der Waals surface area (Å²) in [6.07, 6.45) is 0. The molecule has 6 nitrogen and oxygen atoms in total. The zero-order valence-corrected chi connectivity index (χ0v) is 15.7. The largest absolute Gasteiger partial charge is 0.434 e. The third-order valence-corrected chi connectivity index (χ3v) is 6.30. The van der Waals surface area contributed by atoms with Gasteiger partial charge in [-0.2, -0.15) is 13.1 Å². The highest BCUT2D eigenvalue weighted by atomic mass is 32.2. The summed E-state index contributed by atoms with van der Waals surface area (Å²) >= 11 is 0. The quantitative estimate of drug-likeness (QED) is 0.682. The molecular weight excluding hydrogens is 416 g/mol. The summed E-state index contributed by atoms with van der Waals surface area (Å²) in [5.41, 5.74) is -0.0753. The second kappa shape index (κ2) is 8.37. The second-order valence-corrected chi connectivity index (χ2v) is 8.05. The molecule has 0 aliphatic carbocycles. The molecule has 0 aromatic heterocycles. The summed E-state index contributed by atoms with van der Waals surface area (Å²) in [7, 11) is -4.22. The molecule has 29 heavy (non-hydrogen) atoms. The number of amides is 1. The van der Waals surface area contributed by atoms with Crippen LogP contribution in [0.5, 0.6) is 5.75 Å². The Morgan fingerprint density at radius 1 is 1.00 bits per heavy atom. The lowest BCUT2D eigenvalue weighted by Gasteiger charge is -2.34. The van der Waals surface area contributed by atoms with Gasteiger partial charge in [-0.25, -0.2) is 17.2 Å². The van der Waals surface area contributed by atoms with Gasteiger partial charge in [-0.15, -0.1) is 0 Å². The van der Waals surface area contributed by atoms with Gasteiger partial charge < -0.3 is 9.64 Å². The maximum atomic E-state index is 13.9. The van der Waals surface area contributed by atoms with Gasteiger partial charge in [-0.3, -0.25) is 4.79 Å². The molecule has 1 amide bonds. The number of nitrogens with zero attached hydrogens (tertiary/aromatic N) is 2. The maximum absolute atomic E-state index is 13.9. The number of hydrogen-bond acceptors (Lipinski definition) is 4. The number of benzene rings is 2. The lowest BCUT2D eigenvalue weighted by Crippen LogP contribution is -2.50. The van der Waals surface area contributed by atoms with Crippen molar-refractivity contribution in [1.82, 2.24) is 9.21 Å². The molecule has 0 spiro atoms. The predicted octanol–water partition coefficient (Wildman–Crippen LogP) is 2.71. The van der Waals surface area contributed by atoms with Crippen LogP contribution < -0.4 is 4.74 Å². The molecule has 1 saturated heterocycles. The fraction of sp³-hybridized carbons (Fsp3) is 0.278. The number of hydrogen-bond donors (Lipinski definition) is 0. The van der Waals surface area contributed by atoms with Crippen LogP contribution in [0.3, 0.4) is 0 Å². The molecule has 2 aromatic rings. The van der Waals surface area contributed by atoms with Gasteiger partial charge in [-0.05, 0) is 24.3 Å². The molecular formula is C18H16F4N2O4S. The van der Waals surface area contributed by atoms with Crippen LogP contribution in [0, 0.1) is 11.6 Å². The number of sulfonamides is 1. The van der Waals surface area contributed by atoms with Crippen LogP contribution in [-0.4, -0.2) is 56.3 Å². The Balaban J connectivity index is 1.73. The number of halogens is 4. The van der Waals surface area contributed by atoms with Crippen LogP contribution in [0.25, 0.3) is 0 Å². The first-order chi connectivity index (χ1) is 13.7. The van der Waals surface area contributed by atoms with Crippen LogP contribution in [0.4, 0.5) is 17.6 Å². The van der Waals surface area contributed by atoms with Crippen molar-refractivity contribution in [3.63, 3.8) is 0 Å². The van der Waals surface area contributed by atoms with Crippen LogP contribution in [-0.2, 0) is 10.0 Å². The van der Waals surface area contributed by atoms with Gasteiger partial charge in [0.2, 0.25) is 10.0 Å². The maximum Gasteiger partial charge on any atom is 0.387 e. The van der Waals surface area contributed by atoms with E-state index in [-0.39, 0.29) is 37.5 Å². The number of carbonyl (C=O) groups is 1. The van der Waals surface area contributed by atoms with Crippen molar-refractivity contribution in [1.29, 1.82) is 0 Å². The molecule has 0 unspecified atom stereocenters. The molecule has 1 fully saturated rings.